The summed E-state index contributed by atoms with van der Waals surface area (Å²) in [7, 11) is 2.14. The standard InChI is InChI=1S/C18H30N2O3/c1-19-6-9-23-15(12-19)13-20(11-14-2-3-14)17(21)16-10-18(16)4-7-22-8-5-18/h14-16H,2-13H2,1H3/t15-,16-/m1/s1. The third kappa shape index (κ3) is 3.57. The zero-order valence-corrected chi connectivity index (χ0v) is 14.3. The molecular formula is C18H30N2O3. The molecule has 2 aliphatic carbocycles. The van der Waals surface area contributed by atoms with Gasteiger partial charge in [0.05, 0.1) is 12.7 Å². The first-order chi connectivity index (χ1) is 11.2. The van der Waals surface area contributed by atoms with Gasteiger partial charge in [-0.1, -0.05) is 0 Å². The molecule has 0 unspecified atom stereocenters. The summed E-state index contributed by atoms with van der Waals surface area (Å²) in [6.45, 7) is 6.13. The Labute approximate surface area is 139 Å². The molecule has 23 heavy (non-hydrogen) atoms. The van der Waals surface area contributed by atoms with Crippen LogP contribution in [0.15, 0.2) is 0 Å². The second-order valence-electron chi connectivity index (χ2n) is 8.17. The van der Waals surface area contributed by atoms with Crippen LogP contribution < -0.4 is 0 Å². The number of carbonyl (C=O) groups is 1. The monoisotopic (exact) mass is 322 g/mol. The predicted octanol–water partition coefficient (Wildman–Crippen LogP) is 1.37. The van der Waals surface area contributed by atoms with Crippen LogP contribution >= 0.6 is 0 Å². The van der Waals surface area contributed by atoms with E-state index < -0.39 is 0 Å². The molecule has 5 heteroatoms. The molecule has 4 fully saturated rings. The molecule has 1 spiro atoms. The minimum atomic E-state index is 0.181. The van der Waals surface area contributed by atoms with E-state index in [0.29, 0.717) is 5.91 Å². The highest BCUT2D eigenvalue weighted by Gasteiger charge is 2.59. The lowest BCUT2D eigenvalue weighted by Crippen LogP contribution is -2.48. The van der Waals surface area contributed by atoms with Crippen molar-refractivity contribution in [2.24, 2.45) is 17.3 Å². The Morgan fingerprint density at radius 1 is 1.22 bits per heavy atom. The molecule has 4 rings (SSSR count). The van der Waals surface area contributed by atoms with Gasteiger partial charge >= 0.3 is 0 Å². The fourth-order valence-electron chi connectivity index (χ4n) is 4.34. The minimum absolute atomic E-state index is 0.181. The summed E-state index contributed by atoms with van der Waals surface area (Å²) < 4.78 is 11.4. The number of amides is 1. The highest BCUT2D eigenvalue weighted by atomic mass is 16.5. The molecule has 5 nitrogen and oxygen atoms in total. The van der Waals surface area contributed by atoms with Crippen molar-refractivity contribution >= 4 is 5.91 Å². The maximum atomic E-state index is 13.1. The van der Waals surface area contributed by atoms with Crippen LogP contribution in [0.5, 0.6) is 0 Å². The van der Waals surface area contributed by atoms with E-state index in [0.717, 1.165) is 71.2 Å². The van der Waals surface area contributed by atoms with E-state index in [2.05, 4.69) is 16.8 Å². The van der Waals surface area contributed by atoms with Gasteiger partial charge < -0.3 is 19.3 Å². The molecule has 0 aromatic rings. The van der Waals surface area contributed by atoms with Gasteiger partial charge in [-0.15, -0.1) is 0 Å². The number of ether oxygens (including phenoxy) is 2. The topological polar surface area (TPSA) is 42.0 Å². The molecule has 0 aromatic carbocycles. The fraction of sp³-hybridized carbons (Fsp3) is 0.944. The lowest BCUT2D eigenvalue weighted by molar-refractivity contribution is -0.137. The van der Waals surface area contributed by atoms with Gasteiger partial charge in [-0.05, 0) is 50.5 Å². The second-order valence-corrected chi connectivity index (χ2v) is 8.17. The molecule has 2 saturated heterocycles. The molecule has 2 atom stereocenters. The Bertz CT molecular complexity index is 446. The van der Waals surface area contributed by atoms with Crippen molar-refractivity contribution in [2.75, 3.05) is 53.0 Å². The van der Waals surface area contributed by atoms with Crippen LogP contribution in [0, 0.1) is 17.3 Å². The summed E-state index contributed by atoms with van der Waals surface area (Å²) in [6, 6.07) is 0. The maximum Gasteiger partial charge on any atom is 0.226 e. The van der Waals surface area contributed by atoms with Crippen molar-refractivity contribution in [1.82, 2.24) is 9.80 Å². The van der Waals surface area contributed by atoms with Crippen molar-refractivity contribution in [3.63, 3.8) is 0 Å². The van der Waals surface area contributed by atoms with E-state index >= 15 is 0 Å². The molecule has 130 valence electrons. The van der Waals surface area contributed by atoms with Crippen LogP contribution in [0.4, 0.5) is 0 Å². The third-order valence-electron chi connectivity index (χ3n) is 6.23. The summed E-state index contributed by atoms with van der Waals surface area (Å²) in [4.78, 5) is 17.6. The first kappa shape index (κ1) is 15.9. The van der Waals surface area contributed by atoms with Gasteiger partial charge in [0.25, 0.3) is 0 Å². The number of nitrogens with zero attached hydrogens (tertiary/aromatic N) is 2. The number of morpholine rings is 1. The number of carbonyl (C=O) groups excluding carboxylic acids is 1. The predicted molar refractivity (Wildman–Crippen MR) is 87.1 cm³/mol. The molecular weight excluding hydrogens is 292 g/mol. The lowest BCUT2D eigenvalue weighted by Gasteiger charge is -2.34. The number of hydrogen-bond acceptors (Lipinski definition) is 4. The first-order valence-corrected chi connectivity index (χ1v) is 9.33. The lowest BCUT2D eigenvalue weighted by atomic mass is 9.93. The zero-order valence-electron chi connectivity index (χ0n) is 14.3. The molecule has 0 radical (unpaired) electrons. The molecule has 0 aromatic heterocycles. The first-order valence-electron chi connectivity index (χ1n) is 9.33. The number of rotatable bonds is 5. The summed E-state index contributed by atoms with van der Waals surface area (Å²) >= 11 is 0. The normalized spacial score (nSPS) is 33.6. The van der Waals surface area contributed by atoms with E-state index in [-0.39, 0.29) is 17.4 Å². The third-order valence-corrected chi connectivity index (χ3v) is 6.23. The Hall–Kier alpha value is -0.650. The Morgan fingerprint density at radius 2 is 2.00 bits per heavy atom. The molecule has 0 bridgehead atoms. The van der Waals surface area contributed by atoms with Crippen molar-refractivity contribution in [1.29, 1.82) is 0 Å². The second kappa shape index (κ2) is 6.34. The van der Waals surface area contributed by atoms with Crippen molar-refractivity contribution in [3.05, 3.63) is 0 Å². The molecule has 0 N–H and O–H groups in total. The van der Waals surface area contributed by atoms with Gasteiger partial charge in [0.15, 0.2) is 0 Å². The SMILES string of the molecule is CN1CCO[C@@H](CN(CC2CC2)C(=O)[C@H]2CC23CCOCC3)C1. The van der Waals surface area contributed by atoms with Gasteiger partial charge in [-0.2, -0.15) is 0 Å². The Balaban J connectivity index is 1.38. The quantitative estimate of drug-likeness (QED) is 0.767. The van der Waals surface area contributed by atoms with Crippen LogP contribution in [0.3, 0.4) is 0 Å². The summed E-state index contributed by atoms with van der Waals surface area (Å²) in [5, 5.41) is 0. The molecule has 2 saturated carbocycles. The molecule has 1 amide bonds. The van der Waals surface area contributed by atoms with Gasteiger partial charge in [0.2, 0.25) is 5.91 Å². The highest BCUT2D eigenvalue weighted by Crippen LogP contribution is 2.59. The van der Waals surface area contributed by atoms with Crippen molar-refractivity contribution in [3.8, 4) is 0 Å². The van der Waals surface area contributed by atoms with E-state index in [9.17, 15) is 4.79 Å². The summed E-state index contributed by atoms with van der Waals surface area (Å²) in [6.07, 6.45) is 5.99. The van der Waals surface area contributed by atoms with Gasteiger partial charge in [-0.25, -0.2) is 0 Å². The molecule has 4 aliphatic rings. The van der Waals surface area contributed by atoms with Gasteiger partial charge in [0.1, 0.15) is 0 Å². The van der Waals surface area contributed by atoms with Crippen LogP contribution in [0.25, 0.3) is 0 Å². The highest BCUT2D eigenvalue weighted by molar-refractivity contribution is 5.82. The minimum Gasteiger partial charge on any atom is -0.381 e. The van der Waals surface area contributed by atoms with Gasteiger partial charge in [-0.3, -0.25) is 4.79 Å². The summed E-state index contributed by atoms with van der Waals surface area (Å²) in [5.41, 5.74) is 0.279. The largest absolute Gasteiger partial charge is 0.381 e. The Morgan fingerprint density at radius 3 is 2.70 bits per heavy atom. The molecule has 2 aliphatic heterocycles. The van der Waals surface area contributed by atoms with Crippen LogP contribution in [-0.2, 0) is 14.3 Å². The van der Waals surface area contributed by atoms with Crippen LogP contribution in [0.2, 0.25) is 0 Å². The van der Waals surface area contributed by atoms with E-state index in [1.54, 1.807) is 0 Å². The number of likely N-dealkylation sites (N-methyl/N-ethyl adjacent to an activating group) is 1. The van der Waals surface area contributed by atoms with E-state index in [1.807, 2.05) is 0 Å². The average molecular weight is 322 g/mol. The zero-order chi connectivity index (χ0) is 15.9. The van der Waals surface area contributed by atoms with Crippen molar-refractivity contribution < 1.29 is 14.3 Å². The van der Waals surface area contributed by atoms with Crippen LogP contribution in [0.1, 0.15) is 32.1 Å². The van der Waals surface area contributed by atoms with E-state index in [1.165, 1.54) is 12.8 Å². The molecule has 2 heterocycles. The van der Waals surface area contributed by atoms with Gasteiger partial charge in [0, 0.05) is 45.3 Å². The summed E-state index contributed by atoms with van der Waals surface area (Å²) in [5.74, 6) is 1.40. The smallest absolute Gasteiger partial charge is 0.226 e. The average Bonchev–Trinajstić information content (AvgIpc) is 3.46. The fourth-order valence-corrected chi connectivity index (χ4v) is 4.34. The van der Waals surface area contributed by atoms with E-state index in [4.69, 9.17) is 9.47 Å². The maximum absolute atomic E-state index is 13.1. The van der Waals surface area contributed by atoms with Crippen LogP contribution in [-0.4, -0.2) is 74.9 Å². The van der Waals surface area contributed by atoms with Crippen molar-refractivity contribution in [2.45, 2.75) is 38.2 Å². The Kier molecular flexibility index (Phi) is 4.37. The number of hydrogen-bond donors (Lipinski definition) is 0.